The molecule has 1 aliphatic rings. The summed E-state index contributed by atoms with van der Waals surface area (Å²) in [5.41, 5.74) is 5.24. The van der Waals surface area contributed by atoms with Gasteiger partial charge in [-0.05, 0) is 32.6 Å². The third-order valence-corrected chi connectivity index (χ3v) is 4.09. The van der Waals surface area contributed by atoms with E-state index in [1.54, 1.807) is 6.92 Å². The summed E-state index contributed by atoms with van der Waals surface area (Å²) in [6.07, 6.45) is 6.78. The van der Waals surface area contributed by atoms with Crippen LogP contribution in [0.25, 0.3) is 0 Å². The topological polar surface area (TPSA) is 85.8 Å². The van der Waals surface area contributed by atoms with Gasteiger partial charge >= 0.3 is 0 Å². The second-order valence-corrected chi connectivity index (χ2v) is 6.17. The van der Waals surface area contributed by atoms with E-state index in [1.807, 2.05) is 6.92 Å². The second-order valence-electron chi connectivity index (χ2n) is 6.17. The monoisotopic (exact) mass is 293 g/mol. The van der Waals surface area contributed by atoms with Gasteiger partial charge in [-0.25, -0.2) is 0 Å². The summed E-state index contributed by atoms with van der Waals surface area (Å²) < 4.78 is 2.23. The first-order valence-corrected chi connectivity index (χ1v) is 8.02. The summed E-state index contributed by atoms with van der Waals surface area (Å²) in [6.45, 7) is 5.49. The van der Waals surface area contributed by atoms with Crippen molar-refractivity contribution in [2.75, 3.05) is 6.54 Å². The van der Waals surface area contributed by atoms with E-state index in [1.165, 1.54) is 12.8 Å². The van der Waals surface area contributed by atoms with Gasteiger partial charge in [0.1, 0.15) is 11.6 Å². The van der Waals surface area contributed by atoms with E-state index in [9.17, 15) is 4.79 Å². The molecule has 0 spiro atoms. The van der Waals surface area contributed by atoms with Crippen molar-refractivity contribution in [3.05, 3.63) is 11.6 Å². The van der Waals surface area contributed by atoms with Crippen molar-refractivity contribution in [1.82, 2.24) is 20.1 Å². The van der Waals surface area contributed by atoms with Gasteiger partial charge in [-0.2, -0.15) is 0 Å². The number of aromatic nitrogens is 3. The van der Waals surface area contributed by atoms with Crippen molar-refractivity contribution in [3.8, 4) is 0 Å². The predicted molar refractivity (Wildman–Crippen MR) is 81.8 cm³/mol. The van der Waals surface area contributed by atoms with Crippen molar-refractivity contribution in [1.29, 1.82) is 0 Å². The minimum absolute atomic E-state index is 0.0624. The van der Waals surface area contributed by atoms with Gasteiger partial charge in [0, 0.05) is 25.9 Å². The van der Waals surface area contributed by atoms with Gasteiger partial charge in [-0.3, -0.25) is 4.79 Å². The van der Waals surface area contributed by atoms with E-state index >= 15 is 0 Å². The fourth-order valence-corrected chi connectivity index (χ4v) is 2.84. The highest BCUT2D eigenvalue weighted by Gasteiger charge is 2.26. The maximum Gasteiger partial charge on any atom is 0.239 e. The summed E-state index contributed by atoms with van der Waals surface area (Å²) >= 11 is 0. The van der Waals surface area contributed by atoms with Gasteiger partial charge in [-0.15, -0.1) is 10.2 Å². The lowest BCUT2D eigenvalue weighted by Crippen LogP contribution is -2.51. The number of aryl methyl sites for hydroxylation is 2. The zero-order valence-electron chi connectivity index (χ0n) is 13.2. The largest absolute Gasteiger partial charge is 0.355 e. The second kappa shape index (κ2) is 7.02. The van der Waals surface area contributed by atoms with Gasteiger partial charge < -0.3 is 15.6 Å². The lowest BCUT2D eigenvalue weighted by atomic mass is 9.96. The number of nitrogens with one attached hydrogen (secondary N) is 1. The van der Waals surface area contributed by atoms with Crippen LogP contribution < -0.4 is 11.1 Å². The first-order valence-electron chi connectivity index (χ1n) is 8.02. The Morgan fingerprint density at radius 3 is 3.00 bits per heavy atom. The highest BCUT2D eigenvalue weighted by molar-refractivity contribution is 5.85. The molecule has 0 aromatic carbocycles. The van der Waals surface area contributed by atoms with Crippen molar-refractivity contribution in [2.45, 2.75) is 70.9 Å². The third kappa shape index (κ3) is 4.03. The molecule has 6 heteroatoms. The number of carbonyl (C=O) groups excluding carboxylic acids is 1. The molecule has 1 amide bonds. The smallest absolute Gasteiger partial charge is 0.239 e. The molecule has 1 aromatic heterocycles. The Kier molecular flexibility index (Phi) is 5.33. The van der Waals surface area contributed by atoms with Crippen LogP contribution in [-0.4, -0.2) is 32.8 Å². The molecule has 0 radical (unpaired) electrons. The van der Waals surface area contributed by atoms with Crippen LogP contribution in [0.15, 0.2) is 0 Å². The lowest BCUT2D eigenvalue weighted by molar-refractivity contribution is -0.126. The normalized spacial score (nSPS) is 17.1. The molecule has 0 saturated carbocycles. The molecule has 21 heavy (non-hydrogen) atoms. The van der Waals surface area contributed by atoms with Crippen LogP contribution in [0.3, 0.4) is 0 Å². The van der Waals surface area contributed by atoms with E-state index in [0.717, 1.165) is 43.9 Å². The average Bonchev–Trinajstić information content (AvgIpc) is 2.86. The Balaban J connectivity index is 1.75. The first-order chi connectivity index (χ1) is 10.0. The maximum atomic E-state index is 12.0. The van der Waals surface area contributed by atoms with Gasteiger partial charge in [0.15, 0.2) is 0 Å². The highest BCUT2D eigenvalue weighted by Crippen LogP contribution is 2.15. The number of nitrogens with zero attached hydrogens (tertiary/aromatic N) is 3. The molecule has 0 saturated heterocycles. The first kappa shape index (κ1) is 15.9. The Morgan fingerprint density at radius 1 is 1.43 bits per heavy atom. The summed E-state index contributed by atoms with van der Waals surface area (Å²) in [4.78, 5) is 12.0. The molecule has 0 bridgehead atoms. The molecule has 0 aliphatic carbocycles. The lowest BCUT2D eigenvalue weighted by Gasteiger charge is -2.22. The number of amides is 1. The van der Waals surface area contributed by atoms with Gasteiger partial charge in [-0.1, -0.05) is 13.3 Å². The molecule has 6 nitrogen and oxygen atoms in total. The van der Waals surface area contributed by atoms with Crippen LogP contribution in [-0.2, 0) is 24.2 Å². The summed E-state index contributed by atoms with van der Waals surface area (Å²) in [6, 6.07) is 0. The van der Waals surface area contributed by atoms with Crippen LogP contribution in [0.5, 0.6) is 0 Å². The predicted octanol–water partition coefficient (Wildman–Crippen LogP) is 1.18. The summed E-state index contributed by atoms with van der Waals surface area (Å²) in [7, 11) is 0. The molecule has 1 atom stereocenters. The molecule has 2 heterocycles. The van der Waals surface area contributed by atoms with E-state index < -0.39 is 5.54 Å². The van der Waals surface area contributed by atoms with Crippen molar-refractivity contribution in [2.24, 2.45) is 5.73 Å². The van der Waals surface area contributed by atoms with E-state index in [4.69, 9.17) is 5.73 Å². The van der Waals surface area contributed by atoms with Crippen LogP contribution in [0.1, 0.15) is 57.6 Å². The molecule has 1 unspecified atom stereocenters. The Hall–Kier alpha value is -1.43. The maximum absolute atomic E-state index is 12.0. The van der Waals surface area contributed by atoms with E-state index in [2.05, 4.69) is 20.1 Å². The van der Waals surface area contributed by atoms with Gasteiger partial charge in [0.25, 0.3) is 0 Å². The van der Waals surface area contributed by atoms with Crippen molar-refractivity contribution >= 4 is 5.91 Å². The molecule has 0 fully saturated rings. The van der Waals surface area contributed by atoms with E-state index in [0.29, 0.717) is 13.0 Å². The number of hydrogen-bond donors (Lipinski definition) is 2. The summed E-state index contributed by atoms with van der Waals surface area (Å²) in [5, 5.41) is 11.4. The molecular weight excluding hydrogens is 266 g/mol. The number of hydrogen-bond acceptors (Lipinski definition) is 4. The zero-order chi connectivity index (χ0) is 15.3. The summed E-state index contributed by atoms with van der Waals surface area (Å²) in [5.74, 6) is 2.09. The number of nitrogens with two attached hydrogens (primary N) is 1. The Morgan fingerprint density at radius 2 is 2.24 bits per heavy atom. The Bertz CT molecular complexity index is 480. The molecule has 2 rings (SSSR count). The fourth-order valence-electron chi connectivity index (χ4n) is 2.84. The van der Waals surface area contributed by atoms with Crippen LogP contribution in [0, 0.1) is 0 Å². The fraction of sp³-hybridized carbons (Fsp3) is 0.800. The van der Waals surface area contributed by atoms with Crippen molar-refractivity contribution in [3.63, 3.8) is 0 Å². The quantitative estimate of drug-likeness (QED) is 0.739. The van der Waals surface area contributed by atoms with Crippen LogP contribution in [0.4, 0.5) is 0 Å². The molecule has 118 valence electrons. The van der Waals surface area contributed by atoms with Crippen LogP contribution in [0.2, 0.25) is 0 Å². The number of fused-ring (bicyclic) bond motifs is 1. The highest BCUT2D eigenvalue weighted by atomic mass is 16.2. The SMILES string of the molecule is CCCC(C)(N)C(=O)NCCCc1nnc2n1CCCC2. The number of carbonyl (C=O) groups is 1. The average molecular weight is 293 g/mol. The van der Waals surface area contributed by atoms with Crippen LogP contribution >= 0.6 is 0 Å². The minimum Gasteiger partial charge on any atom is -0.355 e. The van der Waals surface area contributed by atoms with Gasteiger partial charge in [0.2, 0.25) is 5.91 Å². The molecular formula is C15H27N5O. The molecule has 1 aromatic rings. The van der Waals surface area contributed by atoms with E-state index in [-0.39, 0.29) is 5.91 Å². The van der Waals surface area contributed by atoms with Crippen molar-refractivity contribution < 1.29 is 4.79 Å². The zero-order valence-corrected chi connectivity index (χ0v) is 13.2. The Labute approximate surface area is 126 Å². The third-order valence-electron chi connectivity index (χ3n) is 4.09. The minimum atomic E-state index is -0.761. The molecule has 1 aliphatic heterocycles. The number of rotatable bonds is 7. The van der Waals surface area contributed by atoms with Gasteiger partial charge in [0.05, 0.1) is 5.54 Å². The molecule has 3 N–H and O–H groups in total. The standard InChI is InChI=1S/C15H27N5O/c1-3-9-15(2,16)14(21)17-10-6-8-13-19-18-12-7-4-5-11-20(12)13/h3-11,16H2,1-2H3,(H,17,21).